The van der Waals surface area contributed by atoms with Gasteiger partial charge in [0.15, 0.2) is 5.13 Å². The smallest absolute Gasteiger partial charge is 0.267 e. The van der Waals surface area contributed by atoms with Gasteiger partial charge in [-0.2, -0.15) is 0 Å². The maximum Gasteiger partial charge on any atom is 0.267 e. The first-order valence-corrected chi connectivity index (χ1v) is 11.2. The molecular weight excluding hydrogens is 428 g/mol. The van der Waals surface area contributed by atoms with Crippen molar-refractivity contribution in [1.82, 2.24) is 9.88 Å². The third kappa shape index (κ3) is 4.84. The van der Waals surface area contributed by atoms with Crippen LogP contribution in [-0.4, -0.2) is 34.8 Å². The van der Waals surface area contributed by atoms with Crippen LogP contribution in [0, 0.1) is 6.92 Å². The van der Waals surface area contributed by atoms with Crippen LogP contribution >= 0.6 is 34.3 Å². The zero-order valence-corrected chi connectivity index (χ0v) is 18.1. The molecule has 150 valence electrons. The molecule has 0 unspecified atom stereocenters. The number of hydrogen-bond acceptors (Lipinski definition) is 6. The van der Waals surface area contributed by atoms with E-state index in [2.05, 4.69) is 20.5 Å². The molecule has 2 aromatic heterocycles. The Bertz CT molecular complexity index is 1050. The number of thiazole rings is 1. The number of carbonyl (C=O) groups excluding carboxylic acids is 2. The van der Waals surface area contributed by atoms with Gasteiger partial charge in [-0.05, 0) is 36.1 Å². The van der Waals surface area contributed by atoms with Crippen LogP contribution in [0.3, 0.4) is 0 Å². The summed E-state index contributed by atoms with van der Waals surface area (Å²) in [5, 5.41) is 8.87. The normalized spacial score (nSPS) is 13.7. The number of halogens is 1. The number of rotatable bonds is 5. The monoisotopic (exact) mass is 446 g/mol. The third-order valence-electron chi connectivity index (χ3n) is 4.60. The Morgan fingerprint density at radius 2 is 2.14 bits per heavy atom. The third-order valence-corrected chi connectivity index (χ3v) is 6.87. The van der Waals surface area contributed by atoms with Gasteiger partial charge in [0.05, 0.1) is 17.1 Å². The summed E-state index contributed by atoms with van der Waals surface area (Å²) >= 11 is 8.99. The van der Waals surface area contributed by atoms with Crippen molar-refractivity contribution in [2.24, 2.45) is 0 Å². The number of carbonyl (C=O) groups is 2. The fraction of sp³-hybridized carbons (Fsp3) is 0.250. The molecule has 1 aliphatic rings. The predicted octanol–water partition coefficient (Wildman–Crippen LogP) is 4.42. The minimum atomic E-state index is -0.140. The molecule has 1 aromatic carbocycles. The molecule has 0 bridgehead atoms. The largest absolute Gasteiger partial charge is 0.325 e. The van der Waals surface area contributed by atoms with E-state index in [9.17, 15) is 9.59 Å². The molecule has 0 radical (unpaired) electrons. The predicted molar refractivity (Wildman–Crippen MR) is 118 cm³/mol. The molecule has 29 heavy (non-hydrogen) atoms. The van der Waals surface area contributed by atoms with Crippen molar-refractivity contribution in [2.75, 3.05) is 23.7 Å². The number of benzene rings is 1. The molecular formula is C20H19ClN4O2S2. The fourth-order valence-electron chi connectivity index (χ4n) is 3.08. The number of nitrogens with one attached hydrogen (secondary N) is 2. The van der Waals surface area contributed by atoms with Crippen LogP contribution in [0.1, 0.15) is 25.8 Å². The van der Waals surface area contributed by atoms with Crippen molar-refractivity contribution in [1.29, 1.82) is 0 Å². The van der Waals surface area contributed by atoms with Crippen LogP contribution in [0.25, 0.3) is 0 Å². The molecule has 3 aromatic rings. The van der Waals surface area contributed by atoms with Gasteiger partial charge in [-0.3, -0.25) is 19.8 Å². The average molecular weight is 447 g/mol. The van der Waals surface area contributed by atoms with Gasteiger partial charge in [-0.25, -0.2) is 4.98 Å². The van der Waals surface area contributed by atoms with Gasteiger partial charge < -0.3 is 5.32 Å². The fourth-order valence-corrected chi connectivity index (χ4v) is 4.92. The van der Waals surface area contributed by atoms with Gasteiger partial charge in [0.2, 0.25) is 5.91 Å². The number of nitrogens with zero attached hydrogens (tertiary/aromatic N) is 2. The van der Waals surface area contributed by atoms with Crippen LogP contribution in [-0.2, 0) is 17.8 Å². The van der Waals surface area contributed by atoms with E-state index in [1.807, 2.05) is 30.5 Å². The van der Waals surface area contributed by atoms with Crippen molar-refractivity contribution < 1.29 is 9.59 Å². The van der Waals surface area contributed by atoms with Crippen LogP contribution in [0.2, 0.25) is 5.02 Å². The topological polar surface area (TPSA) is 74.3 Å². The molecule has 1 aliphatic heterocycles. The van der Waals surface area contributed by atoms with Gasteiger partial charge in [-0.15, -0.1) is 22.7 Å². The van der Waals surface area contributed by atoms with Gasteiger partial charge >= 0.3 is 0 Å². The second kappa shape index (κ2) is 8.62. The Morgan fingerprint density at radius 3 is 2.90 bits per heavy atom. The van der Waals surface area contributed by atoms with E-state index in [4.69, 9.17) is 11.6 Å². The first-order chi connectivity index (χ1) is 14.0. The summed E-state index contributed by atoms with van der Waals surface area (Å²) in [7, 11) is 0. The summed E-state index contributed by atoms with van der Waals surface area (Å²) in [5.74, 6) is -0.219. The second-order valence-electron chi connectivity index (χ2n) is 6.79. The lowest BCUT2D eigenvalue weighted by Gasteiger charge is -2.25. The molecule has 2 N–H and O–H groups in total. The van der Waals surface area contributed by atoms with Crippen molar-refractivity contribution in [3.8, 4) is 0 Å². The number of hydrogen-bond donors (Lipinski definition) is 2. The number of amides is 2. The van der Waals surface area contributed by atoms with E-state index in [0.29, 0.717) is 33.8 Å². The lowest BCUT2D eigenvalue weighted by molar-refractivity contribution is -0.117. The molecule has 0 saturated heterocycles. The summed E-state index contributed by atoms with van der Waals surface area (Å²) in [5.41, 5.74) is 2.67. The number of aryl methyl sites for hydroxylation is 1. The van der Waals surface area contributed by atoms with Crippen molar-refractivity contribution in [3.05, 3.63) is 61.7 Å². The molecule has 0 fully saturated rings. The van der Waals surface area contributed by atoms with Gasteiger partial charge in [0.1, 0.15) is 0 Å². The highest BCUT2D eigenvalue weighted by atomic mass is 35.5. The Labute approximate surface area is 181 Å². The Kier molecular flexibility index (Phi) is 5.96. The summed E-state index contributed by atoms with van der Waals surface area (Å²) in [6.07, 6.45) is 0.754. The standard InChI is InChI=1S/C20H19ClN4O2S2/c1-12-4-5-13(9-14(12)21)22-18(26)11-25-7-6-15-17(10-25)29-20(23-15)24-19(27)16-3-2-8-28-16/h2-5,8-9H,6-7,10-11H2,1H3,(H,22,26)(H,23,24,27). The van der Waals surface area contributed by atoms with Crippen LogP contribution < -0.4 is 10.6 Å². The average Bonchev–Trinajstić information content (AvgIpc) is 3.34. The van der Waals surface area contributed by atoms with E-state index in [1.165, 1.54) is 22.7 Å². The van der Waals surface area contributed by atoms with Crippen molar-refractivity contribution in [2.45, 2.75) is 19.9 Å². The lowest BCUT2D eigenvalue weighted by atomic mass is 10.2. The maximum absolute atomic E-state index is 12.4. The zero-order valence-electron chi connectivity index (χ0n) is 15.7. The number of aromatic nitrogens is 1. The molecule has 0 atom stereocenters. The quantitative estimate of drug-likeness (QED) is 0.608. The minimum absolute atomic E-state index is 0.0795. The van der Waals surface area contributed by atoms with E-state index in [0.717, 1.165) is 29.1 Å². The molecule has 0 aliphatic carbocycles. The summed E-state index contributed by atoms with van der Waals surface area (Å²) < 4.78 is 0. The molecule has 0 spiro atoms. The summed E-state index contributed by atoms with van der Waals surface area (Å²) in [6, 6.07) is 9.12. The van der Waals surface area contributed by atoms with E-state index in [1.54, 1.807) is 12.1 Å². The van der Waals surface area contributed by atoms with Gasteiger partial charge in [0, 0.05) is 35.1 Å². The lowest BCUT2D eigenvalue weighted by Crippen LogP contribution is -2.36. The van der Waals surface area contributed by atoms with Crippen molar-refractivity contribution in [3.63, 3.8) is 0 Å². The second-order valence-corrected chi connectivity index (χ2v) is 9.23. The van der Waals surface area contributed by atoms with Crippen LogP contribution in [0.4, 0.5) is 10.8 Å². The zero-order chi connectivity index (χ0) is 20.4. The van der Waals surface area contributed by atoms with Crippen LogP contribution in [0.15, 0.2) is 35.7 Å². The summed E-state index contributed by atoms with van der Waals surface area (Å²) in [4.78, 5) is 33.0. The molecule has 2 amide bonds. The van der Waals surface area contributed by atoms with Gasteiger partial charge in [0.25, 0.3) is 5.91 Å². The Hall–Kier alpha value is -2.26. The molecule has 3 heterocycles. The number of thiophene rings is 1. The maximum atomic E-state index is 12.4. The molecule has 6 nitrogen and oxygen atoms in total. The molecule has 4 rings (SSSR count). The van der Waals surface area contributed by atoms with Gasteiger partial charge in [-0.1, -0.05) is 23.7 Å². The van der Waals surface area contributed by atoms with Crippen LogP contribution in [0.5, 0.6) is 0 Å². The number of anilines is 2. The highest BCUT2D eigenvalue weighted by Gasteiger charge is 2.23. The number of fused-ring (bicyclic) bond motifs is 1. The SMILES string of the molecule is Cc1ccc(NC(=O)CN2CCc3nc(NC(=O)c4cccs4)sc3C2)cc1Cl. The minimum Gasteiger partial charge on any atom is -0.325 e. The Balaban J connectivity index is 1.34. The van der Waals surface area contributed by atoms with Crippen molar-refractivity contribution >= 4 is 56.9 Å². The van der Waals surface area contributed by atoms with E-state index in [-0.39, 0.29) is 11.8 Å². The highest BCUT2D eigenvalue weighted by Crippen LogP contribution is 2.29. The summed E-state index contributed by atoms with van der Waals surface area (Å²) in [6.45, 7) is 3.60. The first-order valence-electron chi connectivity index (χ1n) is 9.10. The Morgan fingerprint density at radius 1 is 1.28 bits per heavy atom. The highest BCUT2D eigenvalue weighted by molar-refractivity contribution is 7.16. The van der Waals surface area contributed by atoms with E-state index >= 15 is 0 Å². The molecule has 9 heteroatoms. The van der Waals surface area contributed by atoms with E-state index < -0.39 is 0 Å². The first kappa shape index (κ1) is 20.0. The molecule has 0 saturated carbocycles.